The number of rotatable bonds is 9. The number of carboxylic acid groups (broad SMARTS) is 1. The van der Waals surface area contributed by atoms with Gasteiger partial charge in [-0.05, 0) is 50.1 Å². The van der Waals surface area contributed by atoms with Crippen molar-refractivity contribution < 1.29 is 23.8 Å². The van der Waals surface area contributed by atoms with Crippen LogP contribution >= 0.6 is 0 Å². The average molecular weight is 496 g/mol. The molecule has 0 bridgehead atoms. The first-order valence-corrected chi connectivity index (χ1v) is 12.1. The molecule has 1 amide bonds. The zero-order chi connectivity index (χ0) is 25.7. The lowest BCUT2D eigenvalue weighted by molar-refractivity contribution is 0.203. The predicted octanol–water partition coefficient (Wildman–Crippen LogP) is 4.07. The standard InChI is InChI=1S/C27H33N3O6/c1-28(27(32)33)20-8-6-9-21(15-20)30-13-11-29(12-14-30)10-5-4-7-19-18-36-23-17-25(35-3)24(34-2)16-22(23)26(19)31/h6,8-9,15-18H,4-5,7,10-14H2,1-3H3,(H,32,33). The first-order valence-electron chi connectivity index (χ1n) is 12.1. The van der Waals surface area contributed by atoms with E-state index < -0.39 is 6.09 Å². The Morgan fingerprint density at radius 2 is 1.78 bits per heavy atom. The third-order valence-corrected chi connectivity index (χ3v) is 6.76. The van der Waals surface area contributed by atoms with Crippen molar-refractivity contribution in [2.45, 2.75) is 19.3 Å². The Morgan fingerprint density at radius 1 is 1.06 bits per heavy atom. The molecule has 0 spiro atoms. The Bertz CT molecular complexity index is 1270. The Labute approximate surface area is 210 Å². The van der Waals surface area contributed by atoms with Crippen LogP contribution in [0.25, 0.3) is 11.0 Å². The van der Waals surface area contributed by atoms with Gasteiger partial charge in [0.05, 0.1) is 25.9 Å². The topological polar surface area (TPSA) is 95.7 Å². The van der Waals surface area contributed by atoms with Crippen LogP contribution in [0.5, 0.6) is 11.5 Å². The van der Waals surface area contributed by atoms with Crippen LogP contribution in [0.2, 0.25) is 0 Å². The van der Waals surface area contributed by atoms with E-state index in [0.29, 0.717) is 40.1 Å². The third-order valence-electron chi connectivity index (χ3n) is 6.76. The number of carbonyl (C=O) groups is 1. The molecule has 1 aliphatic heterocycles. The molecule has 1 aliphatic rings. The largest absolute Gasteiger partial charge is 0.493 e. The molecular weight excluding hydrogens is 462 g/mol. The van der Waals surface area contributed by atoms with Crippen molar-refractivity contribution in [2.24, 2.45) is 0 Å². The number of piperazine rings is 1. The van der Waals surface area contributed by atoms with Gasteiger partial charge in [-0.25, -0.2) is 4.79 Å². The van der Waals surface area contributed by atoms with E-state index in [2.05, 4.69) is 9.80 Å². The number of anilines is 2. The van der Waals surface area contributed by atoms with Gasteiger partial charge in [0.15, 0.2) is 16.9 Å². The fraction of sp³-hybridized carbons (Fsp3) is 0.407. The Morgan fingerprint density at radius 3 is 2.47 bits per heavy atom. The zero-order valence-corrected chi connectivity index (χ0v) is 21.0. The highest BCUT2D eigenvalue weighted by Crippen LogP contribution is 2.31. The highest BCUT2D eigenvalue weighted by Gasteiger charge is 2.18. The van der Waals surface area contributed by atoms with Gasteiger partial charge in [-0.15, -0.1) is 0 Å². The van der Waals surface area contributed by atoms with E-state index in [9.17, 15) is 14.7 Å². The lowest BCUT2D eigenvalue weighted by Crippen LogP contribution is -2.46. The molecule has 9 heteroatoms. The summed E-state index contributed by atoms with van der Waals surface area (Å²) in [5.41, 5.74) is 2.84. The van der Waals surface area contributed by atoms with Gasteiger partial charge in [0.2, 0.25) is 0 Å². The molecule has 0 unspecified atom stereocenters. The quantitative estimate of drug-likeness (QED) is 0.444. The minimum absolute atomic E-state index is 0.0263. The van der Waals surface area contributed by atoms with Gasteiger partial charge in [0.25, 0.3) is 0 Å². The summed E-state index contributed by atoms with van der Waals surface area (Å²) in [5.74, 6) is 1.04. The second-order valence-electron chi connectivity index (χ2n) is 8.94. The first-order chi connectivity index (χ1) is 17.4. The number of hydrogen-bond acceptors (Lipinski definition) is 7. The molecule has 3 aromatic rings. The second kappa shape index (κ2) is 11.3. The Hall–Kier alpha value is -3.72. The van der Waals surface area contributed by atoms with Gasteiger partial charge >= 0.3 is 6.09 Å². The lowest BCUT2D eigenvalue weighted by Gasteiger charge is -2.36. The summed E-state index contributed by atoms with van der Waals surface area (Å²) >= 11 is 0. The first kappa shape index (κ1) is 25.4. The molecule has 0 atom stereocenters. The van der Waals surface area contributed by atoms with Crippen LogP contribution in [0.3, 0.4) is 0 Å². The van der Waals surface area contributed by atoms with E-state index in [0.717, 1.165) is 51.3 Å². The van der Waals surface area contributed by atoms with Gasteiger partial charge in [-0.3, -0.25) is 14.6 Å². The smallest absolute Gasteiger partial charge is 0.411 e. The second-order valence-corrected chi connectivity index (χ2v) is 8.94. The molecule has 0 saturated carbocycles. The summed E-state index contributed by atoms with van der Waals surface area (Å²) < 4.78 is 16.3. The molecule has 192 valence electrons. The molecule has 1 N–H and O–H groups in total. The fourth-order valence-electron chi connectivity index (χ4n) is 4.56. The van der Waals surface area contributed by atoms with Crippen LogP contribution in [0, 0.1) is 0 Å². The number of hydrogen-bond donors (Lipinski definition) is 1. The lowest BCUT2D eigenvalue weighted by atomic mass is 10.1. The summed E-state index contributed by atoms with van der Waals surface area (Å²) in [6.07, 6.45) is 3.13. The molecule has 1 fully saturated rings. The number of fused-ring (bicyclic) bond motifs is 1. The molecule has 0 aliphatic carbocycles. The Balaban J connectivity index is 1.27. The van der Waals surface area contributed by atoms with Crippen molar-refractivity contribution in [1.82, 2.24) is 4.90 Å². The van der Waals surface area contributed by atoms with Crippen molar-refractivity contribution in [3.8, 4) is 11.5 Å². The van der Waals surface area contributed by atoms with Crippen LogP contribution in [-0.2, 0) is 6.42 Å². The molecule has 36 heavy (non-hydrogen) atoms. The summed E-state index contributed by atoms with van der Waals surface area (Å²) in [7, 11) is 4.65. The average Bonchev–Trinajstić information content (AvgIpc) is 2.91. The summed E-state index contributed by atoms with van der Waals surface area (Å²) in [6.45, 7) is 4.64. The number of aryl methyl sites for hydroxylation is 1. The minimum atomic E-state index is -0.974. The predicted molar refractivity (Wildman–Crippen MR) is 140 cm³/mol. The number of ether oxygens (including phenoxy) is 2. The van der Waals surface area contributed by atoms with Crippen LogP contribution in [0.15, 0.2) is 51.9 Å². The maximum atomic E-state index is 13.0. The van der Waals surface area contributed by atoms with Gasteiger partial charge in [0.1, 0.15) is 5.58 Å². The summed E-state index contributed by atoms with van der Waals surface area (Å²) in [5, 5.41) is 9.72. The Kier molecular flexibility index (Phi) is 8.00. The van der Waals surface area contributed by atoms with Crippen LogP contribution in [-0.4, -0.2) is 70.1 Å². The van der Waals surface area contributed by atoms with Crippen molar-refractivity contribution in [2.75, 3.05) is 63.8 Å². The minimum Gasteiger partial charge on any atom is -0.493 e. The van der Waals surface area contributed by atoms with E-state index in [-0.39, 0.29) is 5.43 Å². The summed E-state index contributed by atoms with van der Waals surface area (Å²) in [4.78, 5) is 30.2. The fourth-order valence-corrected chi connectivity index (χ4v) is 4.56. The van der Waals surface area contributed by atoms with Gasteiger partial charge in [-0.2, -0.15) is 0 Å². The van der Waals surface area contributed by atoms with Gasteiger partial charge < -0.3 is 23.9 Å². The van der Waals surface area contributed by atoms with E-state index in [1.807, 2.05) is 18.2 Å². The van der Waals surface area contributed by atoms with Gasteiger partial charge in [-0.1, -0.05) is 6.07 Å². The van der Waals surface area contributed by atoms with E-state index >= 15 is 0 Å². The monoisotopic (exact) mass is 495 g/mol. The number of nitrogens with zero attached hydrogens (tertiary/aromatic N) is 3. The van der Waals surface area contributed by atoms with E-state index in [1.54, 1.807) is 45.7 Å². The number of amides is 1. The van der Waals surface area contributed by atoms with E-state index in [4.69, 9.17) is 13.9 Å². The number of methoxy groups -OCH3 is 2. The highest BCUT2D eigenvalue weighted by atomic mass is 16.5. The maximum Gasteiger partial charge on any atom is 0.411 e. The SMILES string of the molecule is COc1cc2occ(CCCCN3CCN(c4cccc(N(C)C(=O)O)c4)CC3)c(=O)c2cc1OC. The van der Waals surface area contributed by atoms with Crippen LogP contribution < -0.4 is 24.7 Å². The molecule has 1 aromatic heterocycles. The molecule has 1 saturated heterocycles. The molecule has 0 radical (unpaired) electrons. The summed E-state index contributed by atoms with van der Waals surface area (Å²) in [6, 6.07) is 11.0. The molecular formula is C27H33N3O6. The molecule has 9 nitrogen and oxygen atoms in total. The van der Waals surface area contributed by atoms with E-state index in [1.165, 1.54) is 4.90 Å². The van der Waals surface area contributed by atoms with Crippen LogP contribution in [0.1, 0.15) is 18.4 Å². The molecule has 4 rings (SSSR count). The number of benzene rings is 2. The highest BCUT2D eigenvalue weighted by molar-refractivity contribution is 5.86. The van der Waals surface area contributed by atoms with Crippen molar-refractivity contribution in [3.63, 3.8) is 0 Å². The van der Waals surface area contributed by atoms with Crippen molar-refractivity contribution >= 4 is 28.4 Å². The van der Waals surface area contributed by atoms with Gasteiger partial charge in [0, 0.05) is 56.2 Å². The van der Waals surface area contributed by atoms with Crippen molar-refractivity contribution in [3.05, 3.63) is 58.4 Å². The maximum absolute atomic E-state index is 13.0. The molecule has 2 aromatic carbocycles. The third kappa shape index (κ3) is 5.57. The zero-order valence-electron chi connectivity index (χ0n) is 21.0. The van der Waals surface area contributed by atoms with Crippen molar-refractivity contribution in [1.29, 1.82) is 0 Å². The normalized spacial score (nSPS) is 14.1. The van der Waals surface area contributed by atoms with Crippen LogP contribution in [0.4, 0.5) is 16.2 Å². The number of unbranched alkanes of at least 4 members (excludes halogenated alkanes) is 1. The molecule has 2 heterocycles.